The molecule has 0 bridgehead atoms. The Morgan fingerprint density at radius 2 is 2.16 bits per heavy atom. The molecule has 1 heterocycles. The van der Waals surface area contributed by atoms with Gasteiger partial charge in [-0.25, -0.2) is 9.78 Å². The standard InChI is InChI=1S/C18H25N3O3S/c1-6-8-9-12(3)10-15(21-18(23)24-5)16(22)19-13(4)17-20-14(7-2)11-25-17/h6,8-9,11,13,15H,1,3,7,10H2,2,4-5H3,(H,19,22)(H,21,23). The number of allylic oxidation sites excluding steroid dienone is 3. The molecule has 0 saturated heterocycles. The highest BCUT2D eigenvalue weighted by molar-refractivity contribution is 7.09. The van der Waals surface area contributed by atoms with Crippen LogP contribution < -0.4 is 10.6 Å². The van der Waals surface area contributed by atoms with Crippen molar-refractivity contribution < 1.29 is 14.3 Å². The molecular weight excluding hydrogens is 338 g/mol. The lowest BCUT2D eigenvalue weighted by atomic mass is 10.1. The molecule has 25 heavy (non-hydrogen) atoms. The summed E-state index contributed by atoms with van der Waals surface area (Å²) in [6.07, 6.45) is 5.51. The van der Waals surface area contributed by atoms with Gasteiger partial charge in [0, 0.05) is 11.8 Å². The summed E-state index contributed by atoms with van der Waals surface area (Å²) in [5.41, 5.74) is 1.68. The zero-order valence-corrected chi connectivity index (χ0v) is 15.7. The second kappa shape index (κ2) is 10.5. The summed E-state index contributed by atoms with van der Waals surface area (Å²) in [6.45, 7) is 11.4. The molecule has 0 spiro atoms. The Morgan fingerprint density at radius 3 is 2.72 bits per heavy atom. The SMILES string of the molecule is C=CC=CC(=C)CC(NC(=O)OC)C(=O)NC(C)c1nc(CC)cs1. The summed E-state index contributed by atoms with van der Waals surface area (Å²) >= 11 is 1.50. The highest BCUT2D eigenvalue weighted by atomic mass is 32.1. The Kier molecular flexibility index (Phi) is 8.63. The number of aryl methyl sites for hydroxylation is 1. The highest BCUT2D eigenvalue weighted by Crippen LogP contribution is 2.18. The first-order valence-electron chi connectivity index (χ1n) is 7.97. The van der Waals surface area contributed by atoms with E-state index in [2.05, 4.69) is 33.5 Å². The van der Waals surface area contributed by atoms with Gasteiger partial charge in [-0.2, -0.15) is 0 Å². The van der Waals surface area contributed by atoms with Crippen LogP contribution >= 0.6 is 11.3 Å². The molecule has 2 unspecified atom stereocenters. The molecule has 7 heteroatoms. The normalized spacial score (nSPS) is 13.1. The Bertz CT molecular complexity index is 652. The Balaban J connectivity index is 2.79. The summed E-state index contributed by atoms with van der Waals surface area (Å²) in [5.74, 6) is -0.320. The van der Waals surface area contributed by atoms with E-state index in [0.717, 1.165) is 17.1 Å². The number of amides is 2. The number of rotatable bonds is 9. The minimum absolute atomic E-state index is 0.253. The number of nitrogens with one attached hydrogen (secondary N) is 2. The number of methoxy groups -OCH3 is 1. The van der Waals surface area contributed by atoms with Crippen molar-refractivity contribution in [3.05, 3.63) is 53.0 Å². The number of carbonyl (C=O) groups excluding carboxylic acids is 2. The molecule has 0 aliphatic carbocycles. The van der Waals surface area contributed by atoms with Crippen LogP contribution in [0, 0.1) is 0 Å². The smallest absolute Gasteiger partial charge is 0.407 e. The minimum atomic E-state index is -0.789. The van der Waals surface area contributed by atoms with E-state index < -0.39 is 12.1 Å². The van der Waals surface area contributed by atoms with Gasteiger partial charge in [0.25, 0.3) is 0 Å². The number of thiazole rings is 1. The van der Waals surface area contributed by atoms with Crippen LogP contribution in [-0.2, 0) is 16.0 Å². The lowest BCUT2D eigenvalue weighted by molar-refractivity contribution is -0.123. The van der Waals surface area contributed by atoms with Crippen molar-refractivity contribution in [3.63, 3.8) is 0 Å². The molecule has 0 fully saturated rings. The summed E-state index contributed by atoms with van der Waals surface area (Å²) in [6, 6.07) is -1.04. The van der Waals surface area contributed by atoms with Gasteiger partial charge in [-0.05, 0) is 13.3 Å². The predicted octanol–water partition coefficient (Wildman–Crippen LogP) is 3.30. The number of ether oxygens (including phenoxy) is 1. The average molecular weight is 363 g/mol. The molecular formula is C18H25N3O3S. The Hall–Kier alpha value is -2.41. The van der Waals surface area contributed by atoms with E-state index in [-0.39, 0.29) is 18.4 Å². The molecule has 1 aromatic heterocycles. The summed E-state index contributed by atoms with van der Waals surface area (Å²) in [7, 11) is 1.25. The maximum absolute atomic E-state index is 12.6. The molecule has 0 aliphatic heterocycles. The lowest BCUT2D eigenvalue weighted by Gasteiger charge is -2.20. The van der Waals surface area contributed by atoms with Gasteiger partial charge in [-0.1, -0.05) is 43.9 Å². The van der Waals surface area contributed by atoms with Crippen LogP contribution in [0.25, 0.3) is 0 Å². The topological polar surface area (TPSA) is 80.3 Å². The van der Waals surface area contributed by atoms with E-state index in [1.807, 2.05) is 19.2 Å². The number of alkyl carbamates (subject to hydrolysis) is 1. The van der Waals surface area contributed by atoms with Crippen LogP contribution in [-0.4, -0.2) is 30.1 Å². The first-order valence-corrected chi connectivity index (χ1v) is 8.85. The lowest BCUT2D eigenvalue weighted by Crippen LogP contribution is -2.47. The quantitative estimate of drug-likeness (QED) is 0.660. The third kappa shape index (κ3) is 6.93. The number of hydrogen-bond acceptors (Lipinski definition) is 5. The highest BCUT2D eigenvalue weighted by Gasteiger charge is 2.24. The number of carbonyl (C=O) groups is 2. The van der Waals surface area contributed by atoms with Crippen molar-refractivity contribution in [1.82, 2.24) is 15.6 Å². The van der Waals surface area contributed by atoms with Gasteiger partial charge >= 0.3 is 6.09 Å². The molecule has 0 aliphatic rings. The van der Waals surface area contributed by atoms with Crippen LogP contribution in [0.3, 0.4) is 0 Å². The Morgan fingerprint density at radius 1 is 1.44 bits per heavy atom. The van der Waals surface area contributed by atoms with E-state index >= 15 is 0 Å². The predicted molar refractivity (Wildman–Crippen MR) is 100 cm³/mol. The van der Waals surface area contributed by atoms with E-state index in [0.29, 0.717) is 5.57 Å². The van der Waals surface area contributed by atoms with Crippen molar-refractivity contribution in [2.45, 2.75) is 38.8 Å². The summed E-state index contributed by atoms with van der Waals surface area (Å²) < 4.78 is 4.60. The van der Waals surface area contributed by atoms with Gasteiger partial charge in [0.15, 0.2) is 0 Å². The fraction of sp³-hybridized carbons (Fsp3) is 0.389. The first-order chi connectivity index (χ1) is 11.9. The molecule has 0 aromatic carbocycles. The second-order valence-corrected chi connectivity index (χ2v) is 6.30. The van der Waals surface area contributed by atoms with Crippen molar-refractivity contribution in [3.8, 4) is 0 Å². The van der Waals surface area contributed by atoms with Gasteiger partial charge in [0.2, 0.25) is 5.91 Å². The largest absolute Gasteiger partial charge is 0.453 e. The average Bonchev–Trinajstić information content (AvgIpc) is 3.08. The molecule has 0 saturated carbocycles. The van der Waals surface area contributed by atoms with Crippen LogP contribution in [0.15, 0.2) is 42.3 Å². The molecule has 6 nitrogen and oxygen atoms in total. The molecule has 0 radical (unpaired) electrons. The van der Waals surface area contributed by atoms with Crippen molar-refractivity contribution >= 4 is 23.3 Å². The zero-order chi connectivity index (χ0) is 18.8. The number of nitrogens with zero attached hydrogens (tertiary/aromatic N) is 1. The van der Waals surface area contributed by atoms with Crippen LogP contribution in [0.4, 0.5) is 4.79 Å². The monoisotopic (exact) mass is 363 g/mol. The van der Waals surface area contributed by atoms with Crippen molar-refractivity contribution in [2.75, 3.05) is 7.11 Å². The fourth-order valence-electron chi connectivity index (χ4n) is 2.00. The zero-order valence-electron chi connectivity index (χ0n) is 14.9. The third-order valence-electron chi connectivity index (χ3n) is 3.39. The van der Waals surface area contributed by atoms with Gasteiger partial charge in [0.05, 0.1) is 18.8 Å². The second-order valence-electron chi connectivity index (χ2n) is 5.41. The molecule has 2 amide bonds. The van der Waals surface area contributed by atoms with E-state index in [9.17, 15) is 9.59 Å². The fourth-order valence-corrected chi connectivity index (χ4v) is 2.91. The van der Waals surface area contributed by atoms with E-state index in [4.69, 9.17) is 0 Å². The molecule has 136 valence electrons. The van der Waals surface area contributed by atoms with E-state index in [1.165, 1.54) is 18.4 Å². The van der Waals surface area contributed by atoms with Crippen LogP contribution in [0.5, 0.6) is 0 Å². The molecule has 2 N–H and O–H groups in total. The van der Waals surface area contributed by atoms with Gasteiger partial charge < -0.3 is 15.4 Å². The van der Waals surface area contributed by atoms with Crippen LogP contribution in [0.2, 0.25) is 0 Å². The summed E-state index contributed by atoms with van der Waals surface area (Å²) in [5, 5.41) is 8.22. The van der Waals surface area contributed by atoms with Gasteiger partial charge in [-0.15, -0.1) is 11.3 Å². The number of hydrogen-bond donors (Lipinski definition) is 2. The van der Waals surface area contributed by atoms with Crippen LogP contribution in [0.1, 0.15) is 37.0 Å². The number of aromatic nitrogens is 1. The van der Waals surface area contributed by atoms with Crippen molar-refractivity contribution in [1.29, 1.82) is 0 Å². The Labute approximate surface area is 152 Å². The maximum Gasteiger partial charge on any atom is 0.407 e. The summed E-state index contributed by atoms with van der Waals surface area (Å²) in [4.78, 5) is 28.6. The van der Waals surface area contributed by atoms with Gasteiger partial charge in [-0.3, -0.25) is 4.79 Å². The van der Waals surface area contributed by atoms with Crippen molar-refractivity contribution in [2.24, 2.45) is 0 Å². The van der Waals surface area contributed by atoms with Gasteiger partial charge in [0.1, 0.15) is 11.0 Å². The molecule has 1 rings (SSSR count). The molecule has 1 aromatic rings. The first kappa shape index (κ1) is 20.6. The maximum atomic E-state index is 12.6. The molecule has 2 atom stereocenters. The third-order valence-corrected chi connectivity index (χ3v) is 4.47. The minimum Gasteiger partial charge on any atom is -0.453 e. The van der Waals surface area contributed by atoms with E-state index in [1.54, 1.807) is 18.2 Å².